The molecule has 0 spiro atoms. The first kappa shape index (κ1) is 36.9. The number of anilines is 2. The van der Waals surface area contributed by atoms with Crippen LogP contribution in [0.3, 0.4) is 0 Å². The number of amides is 3. The molecular weight excluding hydrogens is 666 g/mol. The minimum absolute atomic E-state index is 0.0177. The number of pyridine rings is 1. The SMILES string of the molecule is COCOc1cc(F)ccc1-c1cc(-c2cccc(N(CCN(C(=O)O)C(C)(C)C)C(=O)C(F)(F)F)c2)c(C#N)c(NC(=O)c2ccco2)n1. The molecule has 3 amide bonds. The van der Waals surface area contributed by atoms with E-state index in [1.165, 1.54) is 61.9 Å². The second-order valence-electron chi connectivity index (χ2n) is 11.6. The summed E-state index contributed by atoms with van der Waals surface area (Å²) in [5.41, 5.74) is -1.07. The van der Waals surface area contributed by atoms with Gasteiger partial charge >= 0.3 is 18.2 Å². The minimum atomic E-state index is -5.32. The topological polar surface area (TPSA) is 158 Å². The standard InChI is InChI=1S/C34H31F4N5O7/c1-33(2,3)43(32(46)47)13-12-42(31(45)34(36,37)38)22-8-5-7-20(15-22)24-17-26(23-11-10-21(35)16-28(23)50-19-48-4)40-29(25(24)18-39)41-30(44)27-9-6-14-49-27/h5-11,14-17H,12-13,19H2,1-4H3,(H,46,47)(H,40,41,44). The maximum Gasteiger partial charge on any atom is 0.471 e. The first-order valence-electron chi connectivity index (χ1n) is 14.8. The third-order valence-electron chi connectivity index (χ3n) is 7.20. The Bertz CT molecular complexity index is 1920. The van der Waals surface area contributed by atoms with E-state index in [2.05, 4.69) is 10.3 Å². The number of alkyl halides is 3. The van der Waals surface area contributed by atoms with Crippen molar-refractivity contribution in [3.05, 3.63) is 84.1 Å². The molecule has 0 aliphatic carbocycles. The van der Waals surface area contributed by atoms with E-state index in [0.717, 1.165) is 17.0 Å². The fourth-order valence-corrected chi connectivity index (χ4v) is 4.90. The largest absolute Gasteiger partial charge is 0.471 e. The average molecular weight is 698 g/mol. The van der Waals surface area contributed by atoms with Crippen molar-refractivity contribution in [2.45, 2.75) is 32.5 Å². The Morgan fingerprint density at radius 1 is 1.02 bits per heavy atom. The van der Waals surface area contributed by atoms with Crippen molar-refractivity contribution in [3.63, 3.8) is 0 Å². The maximum absolute atomic E-state index is 14.3. The number of aromatic nitrogens is 1. The van der Waals surface area contributed by atoms with E-state index >= 15 is 0 Å². The highest BCUT2D eigenvalue weighted by Gasteiger charge is 2.43. The molecule has 0 unspecified atom stereocenters. The Kier molecular flexibility index (Phi) is 11.1. The number of furan rings is 1. The number of methoxy groups -OCH3 is 1. The lowest BCUT2D eigenvalue weighted by Gasteiger charge is -2.35. The fourth-order valence-electron chi connectivity index (χ4n) is 4.90. The smallest absolute Gasteiger partial charge is 0.467 e. The Hall–Kier alpha value is -5.95. The summed E-state index contributed by atoms with van der Waals surface area (Å²) in [5.74, 6) is -4.11. The number of nitrogens with one attached hydrogen (secondary N) is 1. The van der Waals surface area contributed by atoms with Crippen LogP contribution in [-0.4, -0.2) is 71.6 Å². The van der Waals surface area contributed by atoms with Crippen molar-refractivity contribution in [2.75, 3.05) is 37.2 Å². The summed E-state index contributed by atoms with van der Waals surface area (Å²) in [6, 6.07) is 14.9. The van der Waals surface area contributed by atoms with Crippen molar-refractivity contribution >= 4 is 29.4 Å². The molecule has 2 aromatic heterocycles. The molecule has 4 aromatic rings. The zero-order valence-corrected chi connectivity index (χ0v) is 27.2. The van der Waals surface area contributed by atoms with Crippen LogP contribution < -0.4 is 15.0 Å². The van der Waals surface area contributed by atoms with Gasteiger partial charge in [0.1, 0.15) is 23.2 Å². The predicted octanol–water partition coefficient (Wildman–Crippen LogP) is 6.93. The van der Waals surface area contributed by atoms with Gasteiger partial charge in [-0.3, -0.25) is 9.59 Å². The molecule has 16 heteroatoms. The molecule has 0 radical (unpaired) electrons. The van der Waals surface area contributed by atoms with Gasteiger partial charge in [0.25, 0.3) is 5.91 Å². The highest BCUT2D eigenvalue weighted by Crippen LogP contribution is 2.38. The Labute approximate surface area is 283 Å². The van der Waals surface area contributed by atoms with Crippen LogP contribution in [0.1, 0.15) is 36.9 Å². The number of halogens is 4. The number of hydrogen-bond donors (Lipinski definition) is 2. The van der Waals surface area contributed by atoms with Gasteiger partial charge in [0, 0.05) is 48.6 Å². The van der Waals surface area contributed by atoms with Crippen LogP contribution in [0.5, 0.6) is 5.75 Å². The molecule has 0 fully saturated rings. The number of carbonyl (C=O) groups excluding carboxylic acids is 2. The minimum Gasteiger partial charge on any atom is -0.467 e. The van der Waals surface area contributed by atoms with Gasteiger partial charge in [0.2, 0.25) is 0 Å². The third-order valence-corrected chi connectivity index (χ3v) is 7.20. The van der Waals surface area contributed by atoms with Crippen LogP contribution in [0.15, 0.2) is 71.3 Å². The summed E-state index contributed by atoms with van der Waals surface area (Å²) in [5, 5.41) is 22.5. The number of carbonyl (C=O) groups is 3. The van der Waals surface area contributed by atoms with Crippen LogP contribution in [0, 0.1) is 17.1 Å². The van der Waals surface area contributed by atoms with Crippen LogP contribution >= 0.6 is 0 Å². The summed E-state index contributed by atoms with van der Waals surface area (Å²) in [4.78, 5) is 43.4. The molecular formula is C34H31F4N5O7. The van der Waals surface area contributed by atoms with Gasteiger partial charge in [-0.2, -0.15) is 18.4 Å². The van der Waals surface area contributed by atoms with E-state index in [0.29, 0.717) is 4.90 Å². The average Bonchev–Trinajstić information content (AvgIpc) is 3.60. The van der Waals surface area contributed by atoms with Crippen LogP contribution in [0.4, 0.5) is 33.9 Å². The van der Waals surface area contributed by atoms with E-state index in [9.17, 15) is 42.3 Å². The normalized spacial score (nSPS) is 11.4. The van der Waals surface area contributed by atoms with Gasteiger partial charge in [-0.25, -0.2) is 14.2 Å². The van der Waals surface area contributed by atoms with Crippen LogP contribution in [-0.2, 0) is 9.53 Å². The molecule has 2 aromatic carbocycles. The molecule has 0 aliphatic heterocycles. The number of ether oxygens (including phenoxy) is 2. The molecule has 12 nitrogen and oxygen atoms in total. The molecule has 2 heterocycles. The number of benzene rings is 2. The van der Waals surface area contributed by atoms with E-state index in [4.69, 9.17) is 13.9 Å². The molecule has 4 rings (SSSR count). The molecule has 50 heavy (non-hydrogen) atoms. The Balaban J connectivity index is 1.91. The van der Waals surface area contributed by atoms with Crippen LogP contribution in [0.25, 0.3) is 22.4 Å². The van der Waals surface area contributed by atoms with Gasteiger partial charge in [-0.05, 0) is 68.8 Å². The van der Waals surface area contributed by atoms with Crippen molar-refractivity contribution < 1.29 is 50.9 Å². The Morgan fingerprint density at radius 3 is 2.36 bits per heavy atom. The highest BCUT2D eigenvalue weighted by atomic mass is 19.4. The highest BCUT2D eigenvalue weighted by molar-refractivity contribution is 6.03. The van der Waals surface area contributed by atoms with Gasteiger partial charge in [-0.15, -0.1) is 0 Å². The molecule has 0 saturated carbocycles. The molecule has 262 valence electrons. The summed E-state index contributed by atoms with van der Waals surface area (Å²) in [7, 11) is 1.35. The quantitative estimate of drug-likeness (QED) is 0.125. The Morgan fingerprint density at radius 2 is 1.76 bits per heavy atom. The van der Waals surface area contributed by atoms with E-state index in [1.54, 1.807) is 20.8 Å². The second kappa shape index (κ2) is 15.1. The molecule has 0 atom stereocenters. The third kappa shape index (κ3) is 8.55. The second-order valence-corrected chi connectivity index (χ2v) is 11.6. The van der Waals surface area contributed by atoms with Crippen molar-refractivity contribution in [1.29, 1.82) is 5.26 Å². The maximum atomic E-state index is 14.3. The number of nitriles is 1. The number of nitrogens with zero attached hydrogens (tertiary/aromatic N) is 4. The van der Waals surface area contributed by atoms with E-state index < -0.39 is 48.5 Å². The lowest BCUT2D eigenvalue weighted by atomic mass is 9.97. The summed E-state index contributed by atoms with van der Waals surface area (Å²) in [6.07, 6.45) is -5.46. The fraction of sp³-hybridized carbons (Fsp3) is 0.265. The summed E-state index contributed by atoms with van der Waals surface area (Å²) >= 11 is 0. The number of rotatable bonds is 11. The van der Waals surface area contributed by atoms with E-state index in [-0.39, 0.29) is 57.8 Å². The van der Waals surface area contributed by atoms with Crippen molar-refractivity contribution in [1.82, 2.24) is 9.88 Å². The predicted molar refractivity (Wildman–Crippen MR) is 172 cm³/mol. The molecule has 2 N–H and O–H groups in total. The zero-order valence-electron chi connectivity index (χ0n) is 27.2. The summed E-state index contributed by atoms with van der Waals surface area (Å²) < 4.78 is 71.5. The lowest BCUT2D eigenvalue weighted by molar-refractivity contribution is -0.170. The van der Waals surface area contributed by atoms with Crippen molar-refractivity contribution in [2.24, 2.45) is 0 Å². The lowest BCUT2D eigenvalue weighted by Crippen LogP contribution is -2.51. The van der Waals surface area contributed by atoms with Gasteiger partial charge < -0.3 is 34.1 Å². The summed E-state index contributed by atoms with van der Waals surface area (Å²) in [6.45, 7) is 3.25. The first-order chi connectivity index (χ1) is 23.5. The zero-order chi connectivity index (χ0) is 36.8. The van der Waals surface area contributed by atoms with Gasteiger partial charge in [0.15, 0.2) is 18.4 Å². The molecule has 0 aliphatic rings. The molecule has 0 bridgehead atoms. The number of hydrogen-bond acceptors (Lipinski definition) is 8. The first-order valence-corrected chi connectivity index (χ1v) is 14.8. The van der Waals surface area contributed by atoms with Gasteiger partial charge in [-0.1, -0.05) is 12.1 Å². The monoisotopic (exact) mass is 697 g/mol. The number of carboxylic acid groups (broad SMARTS) is 1. The molecule has 0 saturated heterocycles. The van der Waals surface area contributed by atoms with Gasteiger partial charge in [0.05, 0.1) is 12.0 Å². The van der Waals surface area contributed by atoms with E-state index in [1.807, 2.05) is 6.07 Å². The van der Waals surface area contributed by atoms with Crippen molar-refractivity contribution in [3.8, 4) is 34.2 Å². The van der Waals surface area contributed by atoms with Crippen LogP contribution in [0.2, 0.25) is 0 Å².